The van der Waals surface area contributed by atoms with Gasteiger partial charge in [0.1, 0.15) is 11.5 Å². The summed E-state index contributed by atoms with van der Waals surface area (Å²) in [5.41, 5.74) is 4.76. The van der Waals surface area contributed by atoms with E-state index in [1.165, 1.54) is 5.39 Å². The van der Waals surface area contributed by atoms with Gasteiger partial charge in [0.2, 0.25) is 0 Å². The van der Waals surface area contributed by atoms with E-state index in [0.717, 1.165) is 22.5 Å². The summed E-state index contributed by atoms with van der Waals surface area (Å²) in [6, 6.07) is 24.1. The van der Waals surface area contributed by atoms with Crippen LogP contribution in [0.15, 0.2) is 104 Å². The lowest BCUT2D eigenvalue weighted by molar-refractivity contribution is 0.982. The molecular formula is C28H21N7. The van der Waals surface area contributed by atoms with Crippen LogP contribution in [0.3, 0.4) is 0 Å². The van der Waals surface area contributed by atoms with Crippen molar-refractivity contribution in [3.05, 3.63) is 109 Å². The maximum atomic E-state index is 4.85. The number of fused-ring (bicyclic) bond motifs is 1. The molecule has 0 fully saturated rings. The van der Waals surface area contributed by atoms with Crippen molar-refractivity contribution in [2.75, 3.05) is 0 Å². The zero-order chi connectivity index (χ0) is 23.6. The summed E-state index contributed by atoms with van der Waals surface area (Å²) in [5.74, 6) is 1.97. The van der Waals surface area contributed by atoms with Gasteiger partial charge in [0, 0.05) is 35.2 Å². The number of hydrogen-bond donors (Lipinski definition) is 0. The molecule has 0 saturated heterocycles. The van der Waals surface area contributed by atoms with Crippen molar-refractivity contribution >= 4 is 17.0 Å². The van der Waals surface area contributed by atoms with E-state index in [2.05, 4.69) is 67.2 Å². The van der Waals surface area contributed by atoms with Gasteiger partial charge in [0.15, 0.2) is 11.6 Å². The lowest BCUT2D eigenvalue weighted by Crippen LogP contribution is -2.05. The second kappa shape index (κ2) is 8.79. The molecule has 0 aliphatic heterocycles. The molecule has 0 radical (unpaired) electrons. The van der Waals surface area contributed by atoms with E-state index in [-0.39, 0.29) is 0 Å². The third-order valence-electron chi connectivity index (χ3n) is 5.77. The van der Waals surface area contributed by atoms with E-state index in [4.69, 9.17) is 4.98 Å². The molecular weight excluding hydrogens is 434 g/mol. The van der Waals surface area contributed by atoms with Crippen LogP contribution in [-0.4, -0.2) is 34.3 Å². The number of benzene rings is 1. The second-order valence-corrected chi connectivity index (χ2v) is 7.98. The maximum Gasteiger partial charge on any atom is 0.188 e. The molecule has 0 atom stereocenters. The van der Waals surface area contributed by atoms with Gasteiger partial charge in [-0.05, 0) is 61.5 Å². The number of rotatable bonds is 5. The summed E-state index contributed by atoms with van der Waals surface area (Å²) in [4.78, 5) is 13.6. The smallest absolute Gasteiger partial charge is 0.188 e. The van der Waals surface area contributed by atoms with Crippen molar-refractivity contribution in [3.63, 3.8) is 0 Å². The SMILES string of the molecule is C/C=C\c1cc2ccccc2n1-c1ccc(-n2c(-c3cccnc3)nnc2-c2ccccn2)nc1. The third-order valence-corrected chi connectivity index (χ3v) is 5.77. The Kier molecular flexibility index (Phi) is 5.20. The van der Waals surface area contributed by atoms with Gasteiger partial charge in [0.05, 0.1) is 17.4 Å². The Balaban J connectivity index is 1.51. The molecule has 5 aromatic heterocycles. The van der Waals surface area contributed by atoms with Crippen LogP contribution in [-0.2, 0) is 0 Å². The summed E-state index contributed by atoms with van der Waals surface area (Å²) >= 11 is 0. The van der Waals surface area contributed by atoms with E-state index in [1.807, 2.05) is 60.2 Å². The molecule has 0 spiro atoms. The fraction of sp³-hybridized carbons (Fsp3) is 0.0357. The lowest BCUT2D eigenvalue weighted by atomic mass is 10.2. The van der Waals surface area contributed by atoms with Gasteiger partial charge in [0.25, 0.3) is 0 Å². The van der Waals surface area contributed by atoms with Crippen molar-refractivity contribution in [3.8, 4) is 34.4 Å². The van der Waals surface area contributed by atoms with Gasteiger partial charge in [-0.1, -0.05) is 30.3 Å². The fourth-order valence-electron chi connectivity index (χ4n) is 4.24. The number of hydrogen-bond acceptors (Lipinski definition) is 5. The first-order chi connectivity index (χ1) is 17.3. The van der Waals surface area contributed by atoms with Crippen LogP contribution in [0.4, 0.5) is 0 Å². The molecule has 6 rings (SSSR count). The number of allylic oxidation sites excluding steroid dienone is 1. The minimum atomic E-state index is 0.616. The van der Waals surface area contributed by atoms with Gasteiger partial charge in [-0.15, -0.1) is 10.2 Å². The Labute approximate surface area is 202 Å². The molecule has 0 amide bonds. The summed E-state index contributed by atoms with van der Waals surface area (Å²) in [6.45, 7) is 2.02. The number of aromatic nitrogens is 7. The van der Waals surface area contributed by atoms with Crippen LogP contribution < -0.4 is 0 Å². The zero-order valence-electron chi connectivity index (χ0n) is 19.0. The summed E-state index contributed by atoms with van der Waals surface area (Å²) in [6.07, 6.45) is 11.3. The Hall–Kier alpha value is -4.91. The molecule has 168 valence electrons. The molecule has 1 aromatic carbocycles. The predicted octanol–water partition coefficient (Wildman–Crippen LogP) is 5.76. The van der Waals surface area contributed by atoms with E-state index in [9.17, 15) is 0 Å². The van der Waals surface area contributed by atoms with Gasteiger partial charge in [-0.25, -0.2) is 4.98 Å². The van der Waals surface area contributed by atoms with Crippen molar-refractivity contribution in [1.82, 2.24) is 34.3 Å². The predicted molar refractivity (Wildman–Crippen MR) is 137 cm³/mol. The average molecular weight is 456 g/mol. The molecule has 6 aromatic rings. The number of nitrogens with zero attached hydrogens (tertiary/aromatic N) is 7. The lowest BCUT2D eigenvalue weighted by Gasteiger charge is -2.12. The number of para-hydroxylation sites is 1. The second-order valence-electron chi connectivity index (χ2n) is 7.98. The summed E-state index contributed by atoms with van der Waals surface area (Å²) in [5, 5.41) is 10.1. The van der Waals surface area contributed by atoms with Gasteiger partial charge >= 0.3 is 0 Å². The molecule has 0 saturated carbocycles. The minimum Gasteiger partial charge on any atom is -0.308 e. The van der Waals surface area contributed by atoms with Crippen molar-refractivity contribution in [2.45, 2.75) is 6.92 Å². The van der Waals surface area contributed by atoms with E-state index in [0.29, 0.717) is 23.2 Å². The molecule has 0 bridgehead atoms. The third kappa shape index (κ3) is 3.69. The summed E-state index contributed by atoms with van der Waals surface area (Å²) < 4.78 is 4.13. The highest BCUT2D eigenvalue weighted by molar-refractivity contribution is 5.85. The van der Waals surface area contributed by atoms with Crippen LogP contribution in [0.5, 0.6) is 0 Å². The highest BCUT2D eigenvalue weighted by Crippen LogP contribution is 2.28. The first-order valence-electron chi connectivity index (χ1n) is 11.3. The quantitative estimate of drug-likeness (QED) is 0.330. The zero-order valence-corrected chi connectivity index (χ0v) is 19.0. The molecule has 7 heteroatoms. The van der Waals surface area contributed by atoms with Crippen LogP contribution >= 0.6 is 0 Å². The van der Waals surface area contributed by atoms with Crippen molar-refractivity contribution in [2.24, 2.45) is 0 Å². The van der Waals surface area contributed by atoms with Gasteiger partial charge in [-0.3, -0.25) is 14.5 Å². The van der Waals surface area contributed by atoms with E-state index >= 15 is 0 Å². The highest BCUT2D eigenvalue weighted by Gasteiger charge is 2.19. The number of pyridine rings is 3. The van der Waals surface area contributed by atoms with Crippen LogP contribution in [0.1, 0.15) is 12.6 Å². The van der Waals surface area contributed by atoms with Crippen LogP contribution in [0.2, 0.25) is 0 Å². The molecule has 0 unspecified atom stereocenters. The molecule has 0 aliphatic rings. The first-order valence-corrected chi connectivity index (χ1v) is 11.3. The van der Waals surface area contributed by atoms with Crippen LogP contribution in [0, 0.1) is 0 Å². The largest absolute Gasteiger partial charge is 0.308 e. The Bertz CT molecular complexity index is 1570. The summed E-state index contributed by atoms with van der Waals surface area (Å²) in [7, 11) is 0. The van der Waals surface area contributed by atoms with Crippen molar-refractivity contribution in [1.29, 1.82) is 0 Å². The van der Waals surface area contributed by atoms with Gasteiger partial charge in [-0.2, -0.15) is 0 Å². The minimum absolute atomic E-state index is 0.616. The molecule has 0 N–H and O–H groups in total. The fourth-order valence-corrected chi connectivity index (χ4v) is 4.24. The Morgan fingerprint density at radius 2 is 1.63 bits per heavy atom. The van der Waals surface area contributed by atoms with Crippen molar-refractivity contribution < 1.29 is 0 Å². The maximum absolute atomic E-state index is 4.85. The Morgan fingerprint density at radius 3 is 2.40 bits per heavy atom. The average Bonchev–Trinajstić information content (AvgIpc) is 3.52. The molecule has 0 aliphatic carbocycles. The van der Waals surface area contributed by atoms with Gasteiger partial charge < -0.3 is 4.57 Å². The monoisotopic (exact) mass is 455 g/mol. The van der Waals surface area contributed by atoms with E-state index < -0.39 is 0 Å². The normalized spacial score (nSPS) is 11.5. The standard InChI is InChI=1S/C28H21N7/c1-2-8-22-17-20-9-3-4-12-25(20)34(22)23-13-14-26(31-19-23)35-27(21-10-7-15-29-18-21)32-33-28(35)24-11-5-6-16-30-24/h2-19H,1H3/b8-2-. The Morgan fingerprint density at radius 1 is 0.743 bits per heavy atom. The molecule has 5 heterocycles. The first kappa shape index (κ1) is 20.7. The molecule has 35 heavy (non-hydrogen) atoms. The molecule has 7 nitrogen and oxygen atoms in total. The van der Waals surface area contributed by atoms with Crippen LogP contribution in [0.25, 0.3) is 51.4 Å². The highest BCUT2D eigenvalue weighted by atomic mass is 15.3. The van der Waals surface area contributed by atoms with E-state index in [1.54, 1.807) is 18.6 Å². The topological polar surface area (TPSA) is 74.3 Å².